The van der Waals surface area contributed by atoms with E-state index in [1.165, 1.54) is 11.1 Å². The Labute approximate surface area is 295 Å². The second-order valence-electron chi connectivity index (χ2n) is 18.1. The van der Waals surface area contributed by atoms with Crippen LogP contribution in [0.25, 0.3) is 22.3 Å². The molecule has 0 saturated carbocycles. The monoisotopic (exact) mass is 664 g/mol. The lowest BCUT2D eigenvalue weighted by Crippen LogP contribution is -2.54. The van der Waals surface area contributed by atoms with Gasteiger partial charge in [-0.15, -0.1) is 0 Å². The van der Waals surface area contributed by atoms with Crippen molar-refractivity contribution >= 4 is 0 Å². The van der Waals surface area contributed by atoms with E-state index in [-0.39, 0.29) is 21.7 Å². The molecule has 4 rings (SSSR count). The summed E-state index contributed by atoms with van der Waals surface area (Å²) in [5, 5.41) is 46.9. The topological polar surface area (TPSA) is 80.9 Å². The molecule has 0 aromatic heterocycles. The van der Waals surface area contributed by atoms with Crippen molar-refractivity contribution in [2.75, 3.05) is 19.8 Å². The molecule has 0 fully saturated rings. The minimum Gasteiger partial charge on any atom is -0.395 e. The first-order valence-electron chi connectivity index (χ1n) is 17.6. The van der Waals surface area contributed by atoms with Gasteiger partial charge in [0.15, 0.2) is 0 Å². The van der Waals surface area contributed by atoms with Gasteiger partial charge in [0.25, 0.3) is 0 Å². The molecule has 0 spiro atoms. The van der Waals surface area contributed by atoms with Gasteiger partial charge in [0.1, 0.15) is 5.60 Å². The van der Waals surface area contributed by atoms with Gasteiger partial charge in [0, 0.05) is 0 Å². The van der Waals surface area contributed by atoms with Crippen LogP contribution in [0.3, 0.4) is 0 Å². The van der Waals surface area contributed by atoms with E-state index >= 15 is 0 Å². The lowest BCUT2D eigenvalue weighted by atomic mass is 9.62. The van der Waals surface area contributed by atoms with Gasteiger partial charge in [0.05, 0.1) is 25.2 Å². The van der Waals surface area contributed by atoms with E-state index in [0.717, 1.165) is 33.4 Å². The van der Waals surface area contributed by atoms with E-state index < -0.39 is 30.8 Å². The summed E-state index contributed by atoms with van der Waals surface area (Å²) in [6.45, 7) is 24.4. The largest absolute Gasteiger partial charge is 0.395 e. The number of aliphatic hydroxyl groups is 4. The zero-order valence-corrected chi connectivity index (χ0v) is 32.0. The summed E-state index contributed by atoms with van der Waals surface area (Å²) in [4.78, 5) is 0. The Morgan fingerprint density at radius 1 is 0.388 bits per heavy atom. The fraction of sp³-hybridized carbons (Fsp3) is 0.467. The van der Waals surface area contributed by atoms with Crippen molar-refractivity contribution in [3.63, 3.8) is 0 Å². The Balaban J connectivity index is 2.18. The van der Waals surface area contributed by atoms with E-state index in [0.29, 0.717) is 11.1 Å². The first-order valence-corrected chi connectivity index (χ1v) is 17.6. The average molecular weight is 665 g/mol. The number of hydrogen-bond acceptors (Lipinski definition) is 4. The van der Waals surface area contributed by atoms with Crippen LogP contribution in [0, 0.1) is 5.41 Å². The first-order chi connectivity index (χ1) is 22.6. The molecule has 0 heterocycles. The number of benzene rings is 4. The van der Waals surface area contributed by atoms with Crippen LogP contribution in [0.15, 0.2) is 84.9 Å². The normalized spacial score (nSPS) is 13.6. The van der Waals surface area contributed by atoms with Crippen LogP contribution < -0.4 is 0 Å². The van der Waals surface area contributed by atoms with Gasteiger partial charge in [-0.1, -0.05) is 168 Å². The van der Waals surface area contributed by atoms with E-state index in [4.69, 9.17) is 0 Å². The first kappa shape index (κ1) is 38.5. The molecule has 0 saturated heterocycles. The molecular formula is C45H60O4. The molecule has 49 heavy (non-hydrogen) atoms. The van der Waals surface area contributed by atoms with Crippen LogP contribution in [-0.2, 0) is 27.3 Å². The average Bonchev–Trinajstić information content (AvgIpc) is 3.03. The number of rotatable bonds is 8. The van der Waals surface area contributed by atoms with E-state index in [2.05, 4.69) is 119 Å². The summed E-state index contributed by atoms with van der Waals surface area (Å²) in [6.07, 6.45) is 0. The summed E-state index contributed by atoms with van der Waals surface area (Å²) in [5.74, 6) is 0. The summed E-state index contributed by atoms with van der Waals surface area (Å²) in [5.41, 5.74) is 4.81. The summed E-state index contributed by atoms with van der Waals surface area (Å²) in [6, 6.07) is 28.5. The fourth-order valence-electron chi connectivity index (χ4n) is 7.01. The van der Waals surface area contributed by atoms with Crippen molar-refractivity contribution < 1.29 is 20.4 Å². The molecule has 0 unspecified atom stereocenters. The van der Waals surface area contributed by atoms with Crippen LogP contribution >= 0.6 is 0 Å². The van der Waals surface area contributed by atoms with Crippen LogP contribution in [0.4, 0.5) is 0 Å². The van der Waals surface area contributed by atoms with E-state index in [1.807, 2.05) is 48.5 Å². The molecule has 4 heteroatoms. The molecule has 4 aromatic rings. The molecule has 0 bridgehead atoms. The third-order valence-corrected chi connectivity index (χ3v) is 10.3. The van der Waals surface area contributed by atoms with Crippen molar-refractivity contribution in [1.29, 1.82) is 0 Å². The number of hydrogen-bond donors (Lipinski definition) is 4. The van der Waals surface area contributed by atoms with Crippen molar-refractivity contribution in [3.05, 3.63) is 118 Å². The van der Waals surface area contributed by atoms with Crippen LogP contribution in [0.1, 0.15) is 116 Å². The highest BCUT2D eigenvalue weighted by atomic mass is 16.3. The maximum absolute atomic E-state index is 13.6. The summed E-state index contributed by atoms with van der Waals surface area (Å²) < 4.78 is 0. The Hall–Kier alpha value is -3.28. The lowest BCUT2D eigenvalue weighted by Gasteiger charge is -2.47. The Bertz CT molecular complexity index is 1640. The summed E-state index contributed by atoms with van der Waals surface area (Å²) >= 11 is 0. The highest BCUT2D eigenvalue weighted by Crippen LogP contribution is 2.52. The minimum absolute atomic E-state index is 0.0646. The third kappa shape index (κ3) is 7.17. The molecule has 0 aliphatic carbocycles. The highest BCUT2D eigenvalue weighted by Gasteiger charge is 2.54. The zero-order chi connectivity index (χ0) is 36.8. The van der Waals surface area contributed by atoms with Gasteiger partial charge in [-0.25, -0.2) is 0 Å². The van der Waals surface area contributed by atoms with Crippen molar-refractivity contribution in [1.82, 2.24) is 0 Å². The lowest BCUT2D eigenvalue weighted by molar-refractivity contribution is -0.135. The van der Waals surface area contributed by atoms with Gasteiger partial charge in [-0.2, -0.15) is 0 Å². The van der Waals surface area contributed by atoms with Crippen molar-refractivity contribution in [3.8, 4) is 22.3 Å². The quantitative estimate of drug-likeness (QED) is 0.151. The standard InChI is InChI=1S/C45H60O4/c1-40(2,3)30-21-23-34(38(25-30)42(7,8)9)32-17-13-15-19-36(32)45(49,44(27-46,28-47)29-48)37-20-16-14-18-33(37)35-24-22-31(41(4,5)6)26-39(35)43(10,11)12/h13-26,46-49H,27-29H2,1-12H3. The van der Waals surface area contributed by atoms with Gasteiger partial charge >= 0.3 is 0 Å². The molecule has 0 amide bonds. The highest BCUT2D eigenvalue weighted by molar-refractivity contribution is 5.79. The molecule has 4 aromatic carbocycles. The molecule has 4 nitrogen and oxygen atoms in total. The molecule has 264 valence electrons. The van der Waals surface area contributed by atoms with Gasteiger partial charge < -0.3 is 20.4 Å². The van der Waals surface area contributed by atoms with Gasteiger partial charge in [-0.3, -0.25) is 0 Å². The predicted molar refractivity (Wildman–Crippen MR) is 205 cm³/mol. The van der Waals surface area contributed by atoms with E-state index in [1.54, 1.807) is 0 Å². The second-order valence-corrected chi connectivity index (χ2v) is 18.1. The predicted octanol–water partition coefficient (Wildman–Crippen LogP) is 9.41. The van der Waals surface area contributed by atoms with Crippen LogP contribution in [0.2, 0.25) is 0 Å². The maximum Gasteiger partial charge on any atom is 0.128 e. The molecular weight excluding hydrogens is 604 g/mol. The Morgan fingerprint density at radius 2 is 0.694 bits per heavy atom. The molecule has 0 radical (unpaired) electrons. The van der Waals surface area contributed by atoms with Crippen LogP contribution in [-0.4, -0.2) is 40.2 Å². The van der Waals surface area contributed by atoms with E-state index in [9.17, 15) is 20.4 Å². The number of aliphatic hydroxyl groups excluding tert-OH is 3. The molecule has 0 atom stereocenters. The fourth-order valence-corrected chi connectivity index (χ4v) is 7.01. The molecule has 0 aliphatic heterocycles. The molecule has 4 N–H and O–H groups in total. The summed E-state index contributed by atoms with van der Waals surface area (Å²) in [7, 11) is 0. The maximum atomic E-state index is 13.6. The Morgan fingerprint density at radius 3 is 0.980 bits per heavy atom. The zero-order valence-electron chi connectivity index (χ0n) is 32.0. The third-order valence-electron chi connectivity index (χ3n) is 10.3. The molecule has 0 aliphatic rings. The minimum atomic E-state index is -2.02. The second kappa shape index (κ2) is 13.5. The SMILES string of the molecule is CC(C)(C)c1ccc(-c2ccccc2C(O)(c2ccccc2-c2ccc(C(C)(C)C)cc2C(C)(C)C)C(CO)(CO)CO)c(C(C)(C)C)c1. The van der Waals surface area contributed by atoms with Crippen molar-refractivity contribution in [2.45, 2.75) is 110 Å². The smallest absolute Gasteiger partial charge is 0.128 e. The van der Waals surface area contributed by atoms with Gasteiger partial charge in [-0.05, 0) is 77.3 Å². The van der Waals surface area contributed by atoms with Crippen LogP contribution in [0.5, 0.6) is 0 Å². The van der Waals surface area contributed by atoms with Crippen molar-refractivity contribution in [2.24, 2.45) is 5.41 Å². The van der Waals surface area contributed by atoms with Gasteiger partial charge in [0.2, 0.25) is 0 Å². The Kier molecular flexibility index (Phi) is 10.6.